The number of nitrogens with one attached hydrogen (secondary N) is 2. The van der Waals surface area contributed by atoms with Crippen molar-refractivity contribution in [2.24, 2.45) is 5.41 Å². The van der Waals surface area contributed by atoms with E-state index in [4.69, 9.17) is 9.47 Å². The largest absolute Gasteiger partial charge is 0.479 e. The molecule has 1 aliphatic heterocycles. The first-order valence-corrected chi connectivity index (χ1v) is 11.6. The van der Waals surface area contributed by atoms with Crippen LogP contribution in [0.4, 0.5) is 4.79 Å². The number of benzene rings is 2. The van der Waals surface area contributed by atoms with Crippen molar-refractivity contribution in [3.63, 3.8) is 0 Å². The summed E-state index contributed by atoms with van der Waals surface area (Å²) in [5.74, 6) is -1.99. The Kier molecular flexibility index (Phi) is 7.09. The van der Waals surface area contributed by atoms with Crippen LogP contribution < -0.4 is 10.6 Å². The predicted octanol–water partition coefficient (Wildman–Crippen LogP) is 2.27. The van der Waals surface area contributed by atoms with E-state index in [1.165, 1.54) is 6.92 Å². The number of carbonyl (C=O) groups excluding carboxylic acids is 2. The molecule has 2 aromatic rings. The summed E-state index contributed by atoms with van der Waals surface area (Å²) < 4.78 is 10.9. The fourth-order valence-electron chi connectivity index (χ4n) is 4.68. The van der Waals surface area contributed by atoms with E-state index in [0.29, 0.717) is 26.1 Å². The summed E-state index contributed by atoms with van der Waals surface area (Å²) in [7, 11) is 0. The van der Waals surface area contributed by atoms with Gasteiger partial charge in [0.2, 0.25) is 5.91 Å². The molecule has 9 heteroatoms. The number of aliphatic hydroxyl groups excluding tert-OH is 1. The maximum atomic E-state index is 13.1. The molecule has 4 N–H and O–H groups in total. The maximum Gasteiger partial charge on any atom is 0.407 e. The van der Waals surface area contributed by atoms with Crippen LogP contribution in [0.25, 0.3) is 11.1 Å². The molecule has 2 aromatic carbocycles. The summed E-state index contributed by atoms with van der Waals surface area (Å²) in [6.07, 6.45) is -0.0681. The fraction of sp³-hybridized carbons (Fsp3) is 0.423. The Morgan fingerprint density at radius 2 is 1.63 bits per heavy atom. The Bertz CT molecular complexity index is 1070. The number of carboxylic acid groups (broad SMARTS) is 1. The molecule has 2 amide bonds. The number of aliphatic carboxylic acids is 1. The van der Waals surface area contributed by atoms with Gasteiger partial charge in [0, 0.05) is 25.7 Å². The normalized spacial score (nSPS) is 18.0. The molecule has 2 aliphatic rings. The zero-order chi connectivity index (χ0) is 25.1. The molecule has 4 rings (SSSR count). The van der Waals surface area contributed by atoms with Crippen LogP contribution in [0.15, 0.2) is 48.5 Å². The number of ether oxygens (including phenoxy) is 2. The molecule has 186 valence electrons. The molecule has 1 aliphatic carbocycles. The number of hydrogen-bond donors (Lipinski definition) is 4. The van der Waals surface area contributed by atoms with Crippen molar-refractivity contribution < 1.29 is 34.1 Å². The Morgan fingerprint density at radius 1 is 1.06 bits per heavy atom. The first-order chi connectivity index (χ1) is 16.8. The van der Waals surface area contributed by atoms with E-state index in [-0.39, 0.29) is 19.1 Å². The molecule has 0 aromatic heterocycles. The first kappa shape index (κ1) is 24.7. The Labute approximate surface area is 203 Å². The molecule has 1 fully saturated rings. The van der Waals surface area contributed by atoms with E-state index in [1.54, 1.807) is 0 Å². The van der Waals surface area contributed by atoms with Gasteiger partial charge in [0.15, 0.2) is 5.54 Å². The fourth-order valence-corrected chi connectivity index (χ4v) is 4.68. The average molecular weight is 483 g/mol. The van der Waals surface area contributed by atoms with Crippen LogP contribution in [0, 0.1) is 5.41 Å². The van der Waals surface area contributed by atoms with E-state index >= 15 is 0 Å². The molecule has 0 bridgehead atoms. The van der Waals surface area contributed by atoms with Crippen molar-refractivity contribution in [1.82, 2.24) is 10.6 Å². The number of aliphatic hydroxyl groups is 1. The van der Waals surface area contributed by atoms with Crippen LogP contribution in [0.5, 0.6) is 0 Å². The molecule has 1 atom stereocenters. The van der Waals surface area contributed by atoms with Gasteiger partial charge in [-0.3, -0.25) is 4.79 Å². The molecule has 0 saturated carbocycles. The second-order valence-electron chi connectivity index (χ2n) is 9.32. The van der Waals surface area contributed by atoms with E-state index in [2.05, 4.69) is 22.8 Å². The molecule has 1 heterocycles. The van der Waals surface area contributed by atoms with E-state index in [9.17, 15) is 24.6 Å². The minimum absolute atomic E-state index is 0.0417. The summed E-state index contributed by atoms with van der Waals surface area (Å²) in [4.78, 5) is 37.3. The van der Waals surface area contributed by atoms with Gasteiger partial charge < -0.3 is 30.3 Å². The lowest BCUT2D eigenvalue weighted by molar-refractivity contribution is -0.152. The quantitative estimate of drug-likeness (QED) is 0.453. The summed E-state index contributed by atoms with van der Waals surface area (Å²) >= 11 is 0. The number of amides is 2. The van der Waals surface area contributed by atoms with Crippen molar-refractivity contribution in [3.05, 3.63) is 59.7 Å². The van der Waals surface area contributed by atoms with Crippen LogP contribution in [0.1, 0.15) is 36.8 Å². The van der Waals surface area contributed by atoms with Crippen LogP contribution >= 0.6 is 0 Å². The number of carboxylic acids is 1. The van der Waals surface area contributed by atoms with Gasteiger partial charge in [-0.05, 0) is 42.0 Å². The summed E-state index contributed by atoms with van der Waals surface area (Å²) in [6, 6.07) is 16.1. The van der Waals surface area contributed by atoms with Gasteiger partial charge in [-0.1, -0.05) is 48.5 Å². The highest BCUT2D eigenvalue weighted by atomic mass is 16.5. The topological polar surface area (TPSA) is 134 Å². The van der Waals surface area contributed by atoms with E-state index in [0.717, 1.165) is 22.3 Å². The standard InChI is InChI=1S/C26H30N2O7/c1-25(16-29,23(31)32)28-22(30)26(10-12-34-13-11-26)15-27-24(33)35-14-21-19-8-4-2-6-17(19)18-7-3-5-9-20(18)21/h2-9,21,29H,10-16H2,1H3,(H,27,33)(H,28,30)(H,31,32). The SMILES string of the molecule is CC(CO)(NC(=O)C1(CNC(=O)OCC2c3ccccc3-c3ccccc32)CCOCC1)C(=O)O. The summed E-state index contributed by atoms with van der Waals surface area (Å²) in [6.45, 7) is 1.16. The highest BCUT2D eigenvalue weighted by molar-refractivity contribution is 5.90. The van der Waals surface area contributed by atoms with Crippen LogP contribution in [-0.4, -0.2) is 66.7 Å². The zero-order valence-electron chi connectivity index (χ0n) is 19.6. The first-order valence-electron chi connectivity index (χ1n) is 11.6. The minimum atomic E-state index is -1.83. The van der Waals surface area contributed by atoms with Gasteiger partial charge in [-0.15, -0.1) is 0 Å². The van der Waals surface area contributed by atoms with Gasteiger partial charge in [-0.25, -0.2) is 9.59 Å². The zero-order valence-corrected chi connectivity index (χ0v) is 19.6. The Morgan fingerprint density at radius 3 is 2.17 bits per heavy atom. The maximum absolute atomic E-state index is 13.1. The van der Waals surface area contributed by atoms with Crippen molar-refractivity contribution >= 4 is 18.0 Å². The molecule has 1 unspecified atom stereocenters. The van der Waals surface area contributed by atoms with Gasteiger partial charge in [0.25, 0.3) is 0 Å². The van der Waals surface area contributed by atoms with Crippen LogP contribution in [0.3, 0.4) is 0 Å². The van der Waals surface area contributed by atoms with Crippen LogP contribution in [-0.2, 0) is 19.1 Å². The van der Waals surface area contributed by atoms with Gasteiger partial charge in [-0.2, -0.15) is 0 Å². The highest BCUT2D eigenvalue weighted by Crippen LogP contribution is 2.44. The number of alkyl carbamates (subject to hydrolysis) is 1. The monoisotopic (exact) mass is 482 g/mol. The van der Waals surface area contributed by atoms with Gasteiger partial charge >= 0.3 is 12.1 Å². The van der Waals surface area contributed by atoms with Crippen molar-refractivity contribution in [3.8, 4) is 11.1 Å². The molecule has 1 saturated heterocycles. The number of carbonyl (C=O) groups is 3. The second-order valence-corrected chi connectivity index (χ2v) is 9.32. The number of fused-ring (bicyclic) bond motifs is 3. The number of hydrogen-bond acceptors (Lipinski definition) is 6. The molecule has 35 heavy (non-hydrogen) atoms. The lowest BCUT2D eigenvalue weighted by Crippen LogP contribution is -2.61. The van der Waals surface area contributed by atoms with E-state index in [1.807, 2.05) is 36.4 Å². The van der Waals surface area contributed by atoms with Gasteiger partial charge in [0.05, 0.1) is 12.0 Å². The Balaban J connectivity index is 1.41. The molecular formula is C26H30N2O7. The van der Waals surface area contributed by atoms with Crippen molar-refractivity contribution in [1.29, 1.82) is 0 Å². The minimum Gasteiger partial charge on any atom is -0.479 e. The van der Waals surface area contributed by atoms with Gasteiger partial charge in [0.1, 0.15) is 6.61 Å². The third-order valence-corrected chi connectivity index (χ3v) is 7.02. The third kappa shape index (κ3) is 4.87. The smallest absolute Gasteiger partial charge is 0.407 e. The molecule has 0 spiro atoms. The average Bonchev–Trinajstić information content (AvgIpc) is 3.20. The highest BCUT2D eigenvalue weighted by Gasteiger charge is 2.45. The molecule has 0 radical (unpaired) electrons. The van der Waals surface area contributed by atoms with E-state index < -0.39 is 35.5 Å². The molecular weight excluding hydrogens is 452 g/mol. The predicted molar refractivity (Wildman–Crippen MR) is 127 cm³/mol. The van der Waals surface area contributed by atoms with Crippen molar-refractivity contribution in [2.75, 3.05) is 33.0 Å². The van der Waals surface area contributed by atoms with Crippen molar-refractivity contribution in [2.45, 2.75) is 31.2 Å². The lowest BCUT2D eigenvalue weighted by atomic mass is 9.78. The third-order valence-electron chi connectivity index (χ3n) is 7.02. The number of rotatable bonds is 8. The Hall–Kier alpha value is -3.43. The second kappa shape index (κ2) is 10.1. The molecule has 9 nitrogen and oxygen atoms in total. The summed E-state index contributed by atoms with van der Waals surface area (Å²) in [5, 5.41) is 24.0. The lowest BCUT2D eigenvalue weighted by Gasteiger charge is -2.38. The van der Waals surface area contributed by atoms with Crippen LogP contribution in [0.2, 0.25) is 0 Å². The summed E-state index contributed by atoms with van der Waals surface area (Å²) in [5.41, 5.74) is 1.54.